The number of carbonyl (C=O) groups excluding carboxylic acids is 2. The molecule has 1 aliphatic rings. The topological polar surface area (TPSA) is 34.1 Å². The Hall–Kier alpha value is -0.920. The van der Waals surface area contributed by atoms with Crippen LogP contribution in [0.2, 0.25) is 0 Å². The molecule has 0 radical (unpaired) electrons. The van der Waals surface area contributed by atoms with Crippen LogP contribution >= 0.6 is 0 Å². The van der Waals surface area contributed by atoms with E-state index in [1.165, 1.54) is 0 Å². The Bertz CT molecular complexity index is 213. The first-order valence-electron chi connectivity index (χ1n) is 3.35. The molecule has 0 aliphatic heterocycles. The molecule has 0 fully saturated rings. The van der Waals surface area contributed by atoms with Crippen molar-refractivity contribution in [3.63, 3.8) is 0 Å². The lowest BCUT2D eigenvalue weighted by molar-refractivity contribution is -0.127. The lowest BCUT2D eigenvalue weighted by Crippen LogP contribution is -2.20. The fourth-order valence-electron chi connectivity index (χ4n) is 1.02. The van der Waals surface area contributed by atoms with Crippen molar-refractivity contribution in [2.75, 3.05) is 0 Å². The standard InChI is InChI=1S/C8H10O2/c1-5-3-6(2)8(10)4-7(5)9/h3,5H,4H2,1-2H3. The number of rotatable bonds is 0. The van der Waals surface area contributed by atoms with Crippen LogP contribution in [0.3, 0.4) is 0 Å². The Morgan fingerprint density at radius 1 is 1.50 bits per heavy atom. The summed E-state index contributed by atoms with van der Waals surface area (Å²) in [4.78, 5) is 21.7. The Morgan fingerprint density at radius 3 is 2.60 bits per heavy atom. The summed E-state index contributed by atoms with van der Waals surface area (Å²) in [6.45, 7) is 3.57. The highest BCUT2D eigenvalue weighted by atomic mass is 16.1. The summed E-state index contributed by atoms with van der Waals surface area (Å²) in [5.41, 5.74) is 0.729. The summed E-state index contributed by atoms with van der Waals surface area (Å²) in [7, 11) is 0. The van der Waals surface area contributed by atoms with Gasteiger partial charge in [-0.05, 0) is 12.5 Å². The van der Waals surface area contributed by atoms with Crippen LogP contribution in [0.1, 0.15) is 20.3 Å². The first kappa shape index (κ1) is 7.19. The van der Waals surface area contributed by atoms with E-state index in [1.807, 2.05) is 6.92 Å². The number of carbonyl (C=O) groups is 2. The molecule has 0 saturated heterocycles. The van der Waals surface area contributed by atoms with Crippen LogP contribution in [0.15, 0.2) is 11.6 Å². The van der Waals surface area contributed by atoms with Crippen molar-refractivity contribution in [1.29, 1.82) is 0 Å². The fraction of sp³-hybridized carbons (Fsp3) is 0.500. The minimum atomic E-state index is -0.0577. The summed E-state index contributed by atoms with van der Waals surface area (Å²) in [6, 6.07) is 0. The van der Waals surface area contributed by atoms with Gasteiger partial charge in [-0.15, -0.1) is 0 Å². The van der Waals surface area contributed by atoms with Gasteiger partial charge in [0.05, 0.1) is 6.42 Å². The molecule has 2 nitrogen and oxygen atoms in total. The maximum atomic E-state index is 10.9. The third-order valence-electron chi connectivity index (χ3n) is 1.78. The molecule has 10 heavy (non-hydrogen) atoms. The van der Waals surface area contributed by atoms with Gasteiger partial charge < -0.3 is 0 Å². The van der Waals surface area contributed by atoms with Crippen molar-refractivity contribution in [3.05, 3.63) is 11.6 Å². The summed E-state index contributed by atoms with van der Waals surface area (Å²) >= 11 is 0. The van der Waals surface area contributed by atoms with Gasteiger partial charge in [0.25, 0.3) is 0 Å². The molecule has 1 atom stereocenters. The highest BCUT2D eigenvalue weighted by molar-refractivity contribution is 6.11. The molecule has 0 spiro atoms. The summed E-state index contributed by atoms with van der Waals surface area (Å²) in [5, 5.41) is 0. The molecule has 0 N–H and O–H groups in total. The van der Waals surface area contributed by atoms with Crippen LogP contribution in [0.25, 0.3) is 0 Å². The zero-order valence-corrected chi connectivity index (χ0v) is 6.18. The number of ketones is 2. The van der Waals surface area contributed by atoms with Gasteiger partial charge in [0.1, 0.15) is 5.78 Å². The molecule has 0 saturated carbocycles. The van der Waals surface area contributed by atoms with Crippen LogP contribution in [0, 0.1) is 5.92 Å². The van der Waals surface area contributed by atoms with Crippen molar-refractivity contribution in [2.24, 2.45) is 5.92 Å². The molecular weight excluding hydrogens is 128 g/mol. The van der Waals surface area contributed by atoms with Crippen molar-refractivity contribution in [3.8, 4) is 0 Å². The monoisotopic (exact) mass is 138 g/mol. The van der Waals surface area contributed by atoms with E-state index in [-0.39, 0.29) is 23.9 Å². The van der Waals surface area contributed by atoms with Gasteiger partial charge in [0, 0.05) is 5.92 Å². The molecule has 1 aliphatic carbocycles. The normalized spacial score (nSPS) is 26.6. The van der Waals surface area contributed by atoms with Crippen LogP contribution in [-0.2, 0) is 9.59 Å². The third kappa shape index (κ3) is 1.15. The van der Waals surface area contributed by atoms with Crippen LogP contribution < -0.4 is 0 Å². The van der Waals surface area contributed by atoms with E-state index < -0.39 is 0 Å². The lowest BCUT2D eigenvalue weighted by atomic mass is 9.90. The molecule has 2 heteroatoms. The van der Waals surface area contributed by atoms with Gasteiger partial charge in [-0.3, -0.25) is 9.59 Å². The average Bonchev–Trinajstić information content (AvgIpc) is 1.84. The predicted octanol–water partition coefficient (Wildman–Crippen LogP) is 1.11. The molecule has 54 valence electrons. The van der Waals surface area contributed by atoms with E-state index in [1.54, 1.807) is 13.0 Å². The van der Waals surface area contributed by atoms with Crippen LogP contribution in [0.5, 0.6) is 0 Å². The molecule has 0 aromatic rings. The van der Waals surface area contributed by atoms with Gasteiger partial charge >= 0.3 is 0 Å². The second-order valence-electron chi connectivity index (χ2n) is 2.70. The van der Waals surface area contributed by atoms with E-state index in [4.69, 9.17) is 0 Å². The number of hydrogen-bond donors (Lipinski definition) is 0. The number of allylic oxidation sites excluding steroid dienone is 2. The molecule has 0 amide bonds. The fourth-order valence-corrected chi connectivity index (χ4v) is 1.02. The molecule has 1 rings (SSSR count). The Labute approximate surface area is 59.9 Å². The molecule has 0 heterocycles. The largest absolute Gasteiger partial charge is 0.299 e. The van der Waals surface area contributed by atoms with Crippen LogP contribution in [-0.4, -0.2) is 11.6 Å². The molecular formula is C8H10O2. The predicted molar refractivity (Wildman–Crippen MR) is 37.6 cm³/mol. The SMILES string of the molecule is CC1=CC(C)C(=O)CC1=O. The summed E-state index contributed by atoms with van der Waals surface area (Å²) < 4.78 is 0. The van der Waals surface area contributed by atoms with E-state index in [2.05, 4.69) is 0 Å². The highest BCUT2D eigenvalue weighted by Gasteiger charge is 2.21. The molecule has 0 aromatic carbocycles. The quantitative estimate of drug-likeness (QED) is 0.470. The average molecular weight is 138 g/mol. The van der Waals surface area contributed by atoms with Crippen molar-refractivity contribution in [1.82, 2.24) is 0 Å². The van der Waals surface area contributed by atoms with Gasteiger partial charge in [0.2, 0.25) is 0 Å². The first-order chi connectivity index (χ1) is 4.61. The Morgan fingerprint density at radius 2 is 2.10 bits per heavy atom. The molecule has 0 bridgehead atoms. The maximum absolute atomic E-state index is 10.9. The first-order valence-corrected chi connectivity index (χ1v) is 3.35. The van der Waals surface area contributed by atoms with Gasteiger partial charge in [-0.1, -0.05) is 13.0 Å². The second kappa shape index (κ2) is 2.37. The van der Waals surface area contributed by atoms with Gasteiger partial charge in [-0.25, -0.2) is 0 Å². The highest BCUT2D eigenvalue weighted by Crippen LogP contribution is 2.15. The number of Topliss-reactive ketones (excluding diaryl/α,β-unsaturated/α-hetero) is 2. The lowest BCUT2D eigenvalue weighted by Gasteiger charge is -2.11. The summed E-state index contributed by atoms with van der Waals surface area (Å²) in [5.74, 6) is -0.0450. The zero-order chi connectivity index (χ0) is 7.72. The smallest absolute Gasteiger partial charge is 0.165 e. The summed E-state index contributed by atoms with van der Waals surface area (Å²) in [6.07, 6.45) is 1.83. The minimum absolute atomic E-state index is 0.0249. The zero-order valence-electron chi connectivity index (χ0n) is 6.18. The van der Waals surface area contributed by atoms with E-state index in [0.717, 1.165) is 5.57 Å². The van der Waals surface area contributed by atoms with Crippen molar-refractivity contribution < 1.29 is 9.59 Å². The Balaban J connectivity index is 2.89. The van der Waals surface area contributed by atoms with Crippen LogP contribution in [0.4, 0.5) is 0 Å². The molecule has 1 unspecified atom stereocenters. The van der Waals surface area contributed by atoms with Crippen molar-refractivity contribution in [2.45, 2.75) is 20.3 Å². The minimum Gasteiger partial charge on any atom is -0.299 e. The van der Waals surface area contributed by atoms with E-state index in [9.17, 15) is 9.59 Å². The molecule has 0 aromatic heterocycles. The van der Waals surface area contributed by atoms with E-state index >= 15 is 0 Å². The second-order valence-corrected chi connectivity index (χ2v) is 2.70. The van der Waals surface area contributed by atoms with Gasteiger partial charge in [-0.2, -0.15) is 0 Å². The van der Waals surface area contributed by atoms with E-state index in [0.29, 0.717) is 0 Å². The third-order valence-corrected chi connectivity index (χ3v) is 1.78. The number of hydrogen-bond acceptors (Lipinski definition) is 2. The van der Waals surface area contributed by atoms with Crippen molar-refractivity contribution >= 4 is 11.6 Å². The maximum Gasteiger partial charge on any atom is 0.165 e. The van der Waals surface area contributed by atoms with Gasteiger partial charge in [0.15, 0.2) is 5.78 Å². The Kier molecular flexibility index (Phi) is 1.70.